The molecule has 0 atom stereocenters. The first-order valence-electron chi connectivity index (χ1n) is 5.50. The number of carbonyl (C=O) groups is 1. The van der Waals surface area contributed by atoms with Gasteiger partial charge in [0.15, 0.2) is 0 Å². The summed E-state index contributed by atoms with van der Waals surface area (Å²) in [7, 11) is 1.56. The van der Waals surface area contributed by atoms with Crippen LogP contribution in [0.25, 0.3) is 0 Å². The van der Waals surface area contributed by atoms with Crippen LogP contribution in [-0.4, -0.2) is 32.4 Å². The van der Waals surface area contributed by atoms with Gasteiger partial charge in [-0.1, -0.05) is 0 Å². The molecular formula is C12H18O5. The van der Waals surface area contributed by atoms with Crippen LogP contribution in [0.15, 0.2) is 16.5 Å². The van der Waals surface area contributed by atoms with Crippen LogP contribution in [0, 0.1) is 0 Å². The van der Waals surface area contributed by atoms with Crippen LogP contribution in [0.2, 0.25) is 0 Å². The van der Waals surface area contributed by atoms with Crippen molar-refractivity contribution in [2.45, 2.75) is 26.6 Å². The number of esters is 1. The molecule has 96 valence electrons. The first kappa shape index (κ1) is 13.7. The molecule has 1 aromatic rings. The number of methoxy groups -OCH3 is 1. The summed E-state index contributed by atoms with van der Waals surface area (Å²) < 4.78 is 20.3. The Kier molecular flexibility index (Phi) is 5.72. The predicted octanol–water partition coefficient (Wildman–Crippen LogP) is 2.01. The lowest BCUT2D eigenvalue weighted by atomic mass is 10.4. The lowest BCUT2D eigenvalue weighted by molar-refractivity contribution is 0.0151. The van der Waals surface area contributed by atoms with Gasteiger partial charge in [-0.15, -0.1) is 0 Å². The highest BCUT2D eigenvalue weighted by atomic mass is 16.6. The van der Waals surface area contributed by atoms with Crippen molar-refractivity contribution in [2.24, 2.45) is 0 Å². The van der Waals surface area contributed by atoms with Crippen LogP contribution in [0.5, 0.6) is 0 Å². The maximum Gasteiger partial charge on any atom is 0.374 e. The van der Waals surface area contributed by atoms with Gasteiger partial charge in [0.1, 0.15) is 19.0 Å². The smallest absolute Gasteiger partial charge is 0.374 e. The third kappa shape index (κ3) is 5.01. The van der Waals surface area contributed by atoms with Gasteiger partial charge < -0.3 is 18.6 Å². The van der Waals surface area contributed by atoms with E-state index in [0.717, 1.165) is 0 Å². The fourth-order valence-corrected chi connectivity index (χ4v) is 1.20. The molecule has 0 aliphatic carbocycles. The van der Waals surface area contributed by atoms with Gasteiger partial charge in [-0.2, -0.15) is 0 Å². The van der Waals surface area contributed by atoms with Crippen molar-refractivity contribution in [1.82, 2.24) is 0 Å². The number of rotatable bonds is 7. The molecule has 0 radical (unpaired) electrons. The van der Waals surface area contributed by atoms with Gasteiger partial charge in [0.2, 0.25) is 5.76 Å². The molecule has 1 rings (SSSR count). The lowest BCUT2D eigenvalue weighted by Crippen LogP contribution is -2.13. The predicted molar refractivity (Wildman–Crippen MR) is 60.8 cm³/mol. The summed E-state index contributed by atoms with van der Waals surface area (Å²) in [6.45, 7) is 4.78. The molecule has 0 unspecified atom stereocenters. The molecule has 0 bridgehead atoms. The number of carbonyl (C=O) groups excluding carboxylic acids is 1. The number of hydrogen-bond acceptors (Lipinski definition) is 5. The molecule has 0 aliphatic rings. The monoisotopic (exact) mass is 242 g/mol. The summed E-state index contributed by atoms with van der Waals surface area (Å²) >= 11 is 0. The highest BCUT2D eigenvalue weighted by Gasteiger charge is 2.12. The largest absolute Gasteiger partial charge is 0.457 e. The maximum atomic E-state index is 11.5. The molecule has 0 N–H and O–H groups in total. The Morgan fingerprint density at radius 3 is 2.76 bits per heavy atom. The van der Waals surface area contributed by atoms with Gasteiger partial charge in [-0.3, -0.25) is 0 Å². The Morgan fingerprint density at radius 2 is 2.12 bits per heavy atom. The molecule has 0 amide bonds. The second kappa shape index (κ2) is 7.09. The van der Waals surface area contributed by atoms with Gasteiger partial charge in [0, 0.05) is 7.11 Å². The molecule has 0 fully saturated rings. The minimum atomic E-state index is -0.486. The molecular weight excluding hydrogens is 224 g/mol. The van der Waals surface area contributed by atoms with Crippen molar-refractivity contribution in [2.75, 3.05) is 20.3 Å². The van der Waals surface area contributed by atoms with Gasteiger partial charge >= 0.3 is 5.97 Å². The Bertz CT molecular complexity index is 342. The van der Waals surface area contributed by atoms with E-state index >= 15 is 0 Å². The molecule has 0 saturated heterocycles. The number of hydrogen-bond donors (Lipinski definition) is 0. The zero-order chi connectivity index (χ0) is 12.7. The SMILES string of the molecule is COCc1ccc(C(=O)OCCOC(C)C)o1. The first-order valence-corrected chi connectivity index (χ1v) is 5.50. The number of ether oxygens (including phenoxy) is 3. The summed E-state index contributed by atoms with van der Waals surface area (Å²) in [5, 5.41) is 0. The van der Waals surface area contributed by atoms with Gasteiger partial charge in [0.05, 0.1) is 12.7 Å². The zero-order valence-corrected chi connectivity index (χ0v) is 10.4. The summed E-state index contributed by atoms with van der Waals surface area (Å²) in [6.07, 6.45) is 0.130. The van der Waals surface area contributed by atoms with Crippen molar-refractivity contribution >= 4 is 5.97 Å². The minimum absolute atomic E-state index is 0.130. The summed E-state index contributed by atoms with van der Waals surface area (Å²) in [4.78, 5) is 11.5. The highest BCUT2D eigenvalue weighted by molar-refractivity contribution is 5.86. The van der Waals surface area contributed by atoms with Crippen molar-refractivity contribution in [1.29, 1.82) is 0 Å². The lowest BCUT2D eigenvalue weighted by Gasteiger charge is -2.07. The van der Waals surface area contributed by atoms with Crippen LogP contribution in [-0.2, 0) is 20.8 Å². The Hall–Kier alpha value is -1.33. The minimum Gasteiger partial charge on any atom is -0.457 e. The molecule has 1 heterocycles. The fraction of sp³-hybridized carbons (Fsp3) is 0.583. The normalized spacial score (nSPS) is 10.8. The highest BCUT2D eigenvalue weighted by Crippen LogP contribution is 2.10. The average Bonchev–Trinajstić information content (AvgIpc) is 2.73. The van der Waals surface area contributed by atoms with Crippen molar-refractivity contribution in [3.8, 4) is 0 Å². The summed E-state index contributed by atoms with van der Waals surface area (Å²) in [5.41, 5.74) is 0. The van der Waals surface area contributed by atoms with E-state index in [1.807, 2.05) is 13.8 Å². The van der Waals surface area contributed by atoms with Crippen LogP contribution in [0.1, 0.15) is 30.2 Å². The second-order valence-electron chi connectivity index (χ2n) is 3.75. The van der Waals surface area contributed by atoms with Gasteiger partial charge in [-0.25, -0.2) is 4.79 Å². The zero-order valence-electron chi connectivity index (χ0n) is 10.4. The first-order chi connectivity index (χ1) is 8.13. The average molecular weight is 242 g/mol. The van der Waals surface area contributed by atoms with E-state index in [9.17, 15) is 4.79 Å². The fourth-order valence-electron chi connectivity index (χ4n) is 1.20. The standard InChI is InChI=1S/C12H18O5/c1-9(2)15-6-7-16-12(13)11-5-4-10(17-11)8-14-3/h4-5,9H,6-8H2,1-3H3. The molecule has 0 aromatic carbocycles. The molecule has 0 saturated carbocycles. The van der Waals surface area contributed by atoms with E-state index in [0.29, 0.717) is 19.0 Å². The third-order valence-electron chi connectivity index (χ3n) is 1.92. The molecule has 0 aliphatic heterocycles. The maximum absolute atomic E-state index is 11.5. The molecule has 0 spiro atoms. The van der Waals surface area contributed by atoms with E-state index in [1.165, 1.54) is 0 Å². The number of furan rings is 1. The van der Waals surface area contributed by atoms with Gasteiger partial charge in [-0.05, 0) is 26.0 Å². The van der Waals surface area contributed by atoms with E-state index in [2.05, 4.69) is 0 Å². The van der Waals surface area contributed by atoms with Crippen molar-refractivity contribution in [3.63, 3.8) is 0 Å². The third-order valence-corrected chi connectivity index (χ3v) is 1.92. The summed E-state index contributed by atoms with van der Waals surface area (Å²) in [6, 6.07) is 3.25. The summed E-state index contributed by atoms with van der Waals surface area (Å²) in [5.74, 6) is 0.291. The topological polar surface area (TPSA) is 57.9 Å². The van der Waals surface area contributed by atoms with Crippen LogP contribution >= 0.6 is 0 Å². The molecule has 5 nitrogen and oxygen atoms in total. The van der Waals surface area contributed by atoms with Crippen LogP contribution < -0.4 is 0 Å². The Labute approximate surface area is 101 Å². The quantitative estimate of drug-likeness (QED) is 0.540. The van der Waals surface area contributed by atoms with E-state index in [4.69, 9.17) is 18.6 Å². The van der Waals surface area contributed by atoms with Crippen molar-refractivity contribution in [3.05, 3.63) is 23.7 Å². The van der Waals surface area contributed by atoms with E-state index in [1.54, 1.807) is 19.2 Å². The van der Waals surface area contributed by atoms with Crippen molar-refractivity contribution < 1.29 is 23.4 Å². The molecule has 1 aromatic heterocycles. The van der Waals surface area contributed by atoms with E-state index < -0.39 is 5.97 Å². The second-order valence-corrected chi connectivity index (χ2v) is 3.75. The molecule has 17 heavy (non-hydrogen) atoms. The van der Waals surface area contributed by atoms with Gasteiger partial charge in [0.25, 0.3) is 0 Å². The Balaban J connectivity index is 2.31. The Morgan fingerprint density at radius 1 is 1.35 bits per heavy atom. The van der Waals surface area contributed by atoms with Crippen LogP contribution in [0.3, 0.4) is 0 Å². The van der Waals surface area contributed by atoms with E-state index in [-0.39, 0.29) is 18.5 Å². The van der Waals surface area contributed by atoms with Crippen LogP contribution in [0.4, 0.5) is 0 Å². The molecule has 5 heteroatoms.